The number of benzene rings is 12. The summed E-state index contributed by atoms with van der Waals surface area (Å²) in [6.07, 6.45) is 41.7. The van der Waals surface area contributed by atoms with Crippen molar-refractivity contribution in [3.63, 3.8) is 0 Å². The first kappa shape index (κ1) is 106. The zero-order valence-corrected chi connectivity index (χ0v) is 82.4. The molecule has 0 bridgehead atoms. The quantitative estimate of drug-likeness (QED) is 0.00920. The van der Waals surface area contributed by atoms with Gasteiger partial charge in [0.05, 0.1) is 36.5 Å². The zero-order valence-electron chi connectivity index (χ0n) is 78.4. The molecule has 0 aliphatic carbocycles. The van der Waals surface area contributed by atoms with E-state index < -0.39 is 47.8 Å². The third-order valence-electron chi connectivity index (χ3n) is 24.7. The summed E-state index contributed by atoms with van der Waals surface area (Å²) in [4.78, 5) is 67.1. The summed E-state index contributed by atoms with van der Waals surface area (Å²) in [5.41, 5.74) is 11.2. The van der Waals surface area contributed by atoms with Crippen LogP contribution in [0.3, 0.4) is 0 Å². The molecular weight excluding hydrogens is 1850 g/mol. The van der Waals surface area contributed by atoms with E-state index in [1.54, 1.807) is 12.5 Å². The Kier molecular flexibility index (Phi) is 45.2. The minimum Gasteiger partial charge on any atom is -1.00 e. The number of carbonyl (C=O) groups excluding carboxylic acids is 1. The van der Waals surface area contributed by atoms with Crippen molar-refractivity contribution in [2.75, 3.05) is 11.5 Å². The van der Waals surface area contributed by atoms with Crippen LogP contribution in [0.2, 0.25) is 0 Å². The molecule has 0 fully saturated rings. The first-order chi connectivity index (χ1) is 66.8. The summed E-state index contributed by atoms with van der Waals surface area (Å²) >= 11 is 3.35. The van der Waals surface area contributed by atoms with Crippen LogP contribution in [0.4, 0.5) is 0 Å². The molecule has 0 aliphatic heterocycles. The standard InChI is InChI=1S/C31H34N2O2.C31H32N2O2.C26H29O2P.C23H18N2O.C8H15BrO2.BrH/c2*34-30(35)23-15-4-2-1-3-14-22-29-24-33(25-32-29)31(26-16-8-5-9-17-26,27-18-10-6-11-19-27)28-20-12-7-13-21-28;27-26(28)21-13-2-1-3-14-22-29(23-15-7-4-8-16-23,24-17-9-5-10-18-24)25-19-11-6-12-20-25;26-17-22-16-25(18-24-22)23(19-10-4-1-5-11-19,20-12-6-2-7-13-20)21-14-8-3-9-15-21;9-7-5-3-1-2-4-6-8(10)11;/h5-13,16-21,24-25H,1-4,14-15,22-23H2,(H,34,35);5-14,16-22,24-25H,1-4,15,23H2,(H,34,35);4-12,15-20H,1-3,13-14,21-22H2;1-18H;1-7H2,(H,10,11);1H/b;22-14+;;;;. The SMILES string of the molecule is O=C(O)CCCCCC/C=C/c1cn(C(c2ccccc2)(c2ccccc2)c2ccccc2)cn1.O=C(O)CCCCCCCBr.O=C(O)CCCCCCCCc1cn(C(c2ccccc2)(c2ccccc2)c2ccccc2)cn1.O=C(O)CCCCCCC[P+](c1ccccc1)(c1ccccc1)c1ccccc1.O=Cc1cn(C(c2ccccc2)(c2ccccc2)c2ccccc2)cn1.[Br-]. The number of imidazole rings is 3. The van der Waals surface area contributed by atoms with E-state index in [2.05, 4.69) is 346 Å². The summed E-state index contributed by atoms with van der Waals surface area (Å²) in [5.74, 6) is -2.77. The number of allylic oxidation sites excluding steroid dienone is 1. The summed E-state index contributed by atoms with van der Waals surface area (Å²) in [5, 5.41) is 40.0. The monoisotopic (exact) mass is 1970 g/mol. The Morgan fingerprint density at radius 1 is 0.285 bits per heavy atom. The minimum atomic E-state index is -1.72. The van der Waals surface area contributed by atoms with E-state index in [0.29, 0.717) is 12.1 Å². The van der Waals surface area contributed by atoms with Crippen molar-refractivity contribution in [1.82, 2.24) is 28.7 Å². The van der Waals surface area contributed by atoms with Crippen molar-refractivity contribution >= 4 is 75.3 Å². The number of nitrogens with zero attached hydrogens (tertiary/aromatic N) is 6. The second-order valence-electron chi connectivity index (χ2n) is 34.0. The van der Waals surface area contributed by atoms with Crippen LogP contribution in [0.15, 0.2) is 408 Å². The van der Waals surface area contributed by atoms with Gasteiger partial charge in [0.1, 0.15) is 45.5 Å². The summed E-state index contributed by atoms with van der Waals surface area (Å²) in [6, 6.07) is 128. The van der Waals surface area contributed by atoms with Crippen LogP contribution in [0.5, 0.6) is 0 Å². The highest BCUT2D eigenvalue weighted by Gasteiger charge is 2.45. The maximum Gasteiger partial charge on any atom is 0.303 e. The number of unbranched alkanes of at least 4 members (excludes halogenated alkanes) is 17. The highest BCUT2D eigenvalue weighted by atomic mass is 79.9. The van der Waals surface area contributed by atoms with Gasteiger partial charge in [-0.25, -0.2) is 15.0 Å². The predicted octanol–water partition coefficient (Wildman–Crippen LogP) is 24.0. The molecular formula is C119H129Br2N6O9P. The third-order valence-corrected chi connectivity index (χ3v) is 29.8. The Hall–Kier alpha value is -13.1. The Balaban J connectivity index is 0.000000182. The number of alkyl halides is 1. The Morgan fingerprint density at radius 3 is 0.796 bits per heavy atom. The van der Waals surface area contributed by atoms with E-state index in [1.165, 1.54) is 68.6 Å². The van der Waals surface area contributed by atoms with Crippen LogP contribution in [0.25, 0.3) is 6.08 Å². The lowest BCUT2D eigenvalue weighted by molar-refractivity contribution is -0.138. The number of aryl methyl sites for hydroxylation is 1. The van der Waals surface area contributed by atoms with Gasteiger partial charge < -0.3 is 51.1 Å². The average Bonchev–Trinajstić information content (AvgIpc) is 1.74. The van der Waals surface area contributed by atoms with Crippen molar-refractivity contribution in [2.45, 2.75) is 184 Å². The van der Waals surface area contributed by atoms with Crippen LogP contribution in [0.1, 0.15) is 232 Å². The number of hydrogen-bond donors (Lipinski definition) is 4. The molecule has 12 aromatic carbocycles. The second kappa shape index (κ2) is 58.4. The van der Waals surface area contributed by atoms with Crippen LogP contribution in [0, 0.1) is 0 Å². The van der Waals surface area contributed by atoms with E-state index >= 15 is 0 Å². The van der Waals surface area contributed by atoms with Crippen LogP contribution < -0.4 is 32.9 Å². The number of aldehydes is 1. The van der Waals surface area contributed by atoms with E-state index in [4.69, 9.17) is 30.4 Å². The van der Waals surface area contributed by atoms with Crippen LogP contribution >= 0.6 is 23.2 Å². The number of carboxylic acids is 4. The molecule has 15 nitrogen and oxygen atoms in total. The van der Waals surface area contributed by atoms with Gasteiger partial charge in [-0.2, -0.15) is 0 Å². The van der Waals surface area contributed by atoms with Crippen LogP contribution in [-0.4, -0.2) is 90.7 Å². The molecule has 0 atom stereocenters. The number of aromatic nitrogens is 6. The number of carboxylic acid groups (broad SMARTS) is 4. The molecule has 0 aliphatic rings. The molecule has 0 saturated carbocycles. The lowest BCUT2D eigenvalue weighted by Crippen LogP contribution is -3.00. The molecule has 0 spiro atoms. The Bertz CT molecular complexity index is 5540. The van der Waals surface area contributed by atoms with E-state index in [1.807, 2.05) is 90.0 Å². The lowest BCUT2D eigenvalue weighted by Gasteiger charge is -2.37. The van der Waals surface area contributed by atoms with Crippen molar-refractivity contribution in [3.05, 3.63) is 475 Å². The minimum absolute atomic E-state index is 0. The second-order valence-corrected chi connectivity index (χ2v) is 38.5. The molecule has 4 N–H and O–H groups in total. The molecule has 15 aromatic rings. The van der Waals surface area contributed by atoms with Crippen molar-refractivity contribution in [3.8, 4) is 0 Å². The van der Waals surface area contributed by atoms with Gasteiger partial charge >= 0.3 is 23.9 Å². The highest BCUT2D eigenvalue weighted by Crippen LogP contribution is 2.56. The van der Waals surface area contributed by atoms with Gasteiger partial charge in [0, 0.05) is 49.6 Å². The van der Waals surface area contributed by atoms with Crippen molar-refractivity contribution < 1.29 is 61.4 Å². The normalized spacial score (nSPS) is 11.2. The summed E-state index contributed by atoms with van der Waals surface area (Å²) < 4.78 is 6.52. The molecule has 18 heteroatoms. The number of rotatable bonds is 48. The van der Waals surface area contributed by atoms with Crippen LogP contribution in [-0.2, 0) is 42.2 Å². The lowest BCUT2D eigenvalue weighted by atomic mass is 9.77. The number of aliphatic carboxylic acids is 4. The fraction of sp³-hybridized carbons (Fsp3) is 0.261. The van der Waals surface area contributed by atoms with Gasteiger partial charge in [-0.1, -0.05) is 420 Å². The first-order valence-electron chi connectivity index (χ1n) is 48.0. The molecule has 0 saturated heterocycles. The average molecular weight is 1980 g/mol. The maximum atomic E-state index is 11.3. The molecule has 0 amide bonds. The molecule has 0 unspecified atom stereocenters. The zero-order chi connectivity index (χ0) is 95.4. The fourth-order valence-electron chi connectivity index (χ4n) is 18.1. The molecule has 137 heavy (non-hydrogen) atoms. The molecule has 3 heterocycles. The summed E-state index contributed by atoms with van der Waals surface area (Å²) in [7, 11) is -1.72. The highest BCUT2D eigenvalue weighted by molar-refractivity contribution is 9.09. The van der Waals surface area contributed by atoms with Gasteiger partial charge in [-0.3, -0.25) is 24.0 Å². The maximum absolute atomic E-state index is 11.3. The predicted molar refractivity (Wildman–Crippen MR) is 558 cm³/mol. The topological polar surface area (TPSA) is 220 Å². The number of carbonyl (C=O) groups is 5. The molecule has 0 radical (unpaired) electrons. The largest absolute Gasteiger partial charge is 1.00 e. The smallest absolute Gasteiger partial charge is 0.303 e. The van der Waals surface area contributed by atoms with E-state index in [9.17, 15) is 24.0 Å². The van der Waals surface area contributed by atoms with Gasteiger partial charge in [0.15, 0.2) is 6.29 Å². The first-order valence-corrected chi connectivity index (χ1v) is 51.1. The van der Waals surface area contributed by atoms with Gasteiger partial charge in [0.2, 0.25) is 0 Å². The van der Waals surface area contributed by atoms with E-state index in [-0.39, 0.29) is 36.2 Å². The Morgan fingerprint density at radius 2 is 0.518 bits per heavy atom. The Labute approximate surface area is 829 Å². The van der Waals surface area contributed by atoms with Gasteiger partial charge in [0.25, 0.3) is 0 Å². The van der Waals surface area contributed by atoms with Gasteiger partial charge in [-0.15, -0.1) is 0 Å². The number of hydrogen-bond acceptors (Lipinski definition) is 8. The van der Waals surface area contributed by atoms with E-state index in [0.717, 1.165) is 168 Å². The molecule has 15 rings (SSSR count). The van der Waals surface area contributed by atoms with Gasteiger partial charge in [-0.05, 0) is 163 Å². The summed E-state index contributed by atoms with van der Waals surface area (Å²) in [6.45, 7) is 0. The van der Waals surface area contributed by atoms with Crippen molar-refractivity contribution in [2.24, 2.45) is 0 Å². The molecule has 708 valence electrons. The third kappa shape index (κ3) is 30.5. The molecule has 3 aromatic heterocycles. The number of halogens is 2. The van der Waals surface area contributed by atoms with Crippen molar-refractivity contribution in [1.29, 1.82) is 0 Å². The fourth-order valence-corrected chi connectivity index (χ4v) is 23.0.